The zero-order valence-electron chi connectivity index (χ0n) is 16.7. The minimum absolute atomic E-state index is 0. The molecule has 30 heavy (non-hydrogen) atoms. The normalized spacial score (nSPS) is 11.2. The molecule has 3 rings (SSSR count). The molecule has 3 aromatic heterocycles. The van der Waals surface area contributed by atoms with Crippen LogP contribution in [-0.2, 0) is 13.1 Å². The van der Waals surface area contributed by atoms with Crippen molar-refractivity contribution in [2.75, 3.05) is 18.9 Å². The van der Waals surface area contributed by atoms with Crippen LogP contribution in [0, 0.1) is 0 Å². The fraction of sp³-hybridized carbons (Fsp3) is 0.200. The summed E-state index contributed by atoms with van der Waals surface area (Å²) >= 11 is 1.57. The smallest absolute Gasteiger partial charge is 0.346 e. The standard InChI is InChI=1S/C20H23N7OS.ClH/c1-13(8-21)10-27-20(28)26(12-24-27)11-17-5-6-18(29-17)14(2)7-16-9-23-19(22-4)25-15(16)3;/h5-7,9,12H,1-3,8,10-11,21H2,4H3,(H,22,25);1H/b16-7-;. The summed E-state index contributed by atoms with van der Waals surface area (Å²) in [6.45, 7) is 13.0. The first-order valence-electron chi connectivity index (χ1n) is 8.89. The van der Waals surface area contributed by atoms with E-state index < -0.39 is 0 Å². The van der Waals surface area contributed by atoms with Gasteiger partial charge in [0.15, 0.2) is 0 Å². The van der Waals surface area contributed by atoms with Crippen LogP contribution in [0.1, 0.15) is 9.75 Å². The van der Waals surface area contributed by atoms with Crippen molar-refractivity contribution in [2.45, 2.75) is 13.1 Å². The summed E-state index contributed by atoms with van der Waals surface area (Å²) in [5.74, 6) is 0.525. The molecule has 0 aliphatic heterocycles. The van der Waals surface area contributed by atoms with Gasteiger partial charge in [0.1, 0.15) is 6.33 Å². The molecule has 3 heterocycles. The van der Waals surface area contributed by atoms with Crippen molar-refractivity contribution in [3.63, 3.8) is 0 Å². The van der Waals surface area contributed by atoms with Crippen molar-refractivity contribution in [1.29, 1.82) is 0 Å². The number of anilines is 1. The predicted molar refractivity (Wildman–Crippen MR) is 125 cm³/mol. The van der Waals surface area contributed by atoms with E-state index in [1.54, 1.807) is 29.1 Å². The first kappa shape index (κ1) is 23.3. The van der Waals surface area contributed by atoms with Crippen LogP contribution in [0.2, 0.25) is 0 Å². The number of rotatable bonds is 8. The molecule has 158 valence electrons. The minimum Gasteiger partial charge on any atom is -0.357 e. The van der Waals surface area contributed by atoms with E-state index in [1.165, 1.54) is 11.0 Å². The van der Waals surface area contributed by atoms with Gasteiger partial charge in [-0.3, -0.25) is 4.57 Å². The largest absolute Gasteiger partial charge is 0.357 e. The molecule has 8 nitrogen and oxygen atoms in total. The van der Waals surface area contributed by atoms with Crippen LogP contribution in [0.3, 0.4) is 0 Å². The quantitative estimate of drug-likeness (QED) is 0.498. The van der Waals surface area contributed by atoms with Gasteiger partial charge in [-0.2, -0.15) is 5.10 Å². The van der Waals surface area contributed by atoms with Crippen molar-refractivity contribution in [3.8, 4) is 0 Å². The monoisotopic (exact) mass is 445 g/mol. The molecule has 0 unspecified atom stereocenters. The third kappa shape index (κ3) is 5.32. The second-order valence-electron chi connectivity index (χ2n) is 6.43. The van der Waals surface area contributed by atoms with Gasteiger partial charge in [0.05, 0.1) is 18.4 Å². The van der Waals surface area contributed by atoms with Crippen LogP contribution in [0.4, 0.5) is 5.95 Å². The molecule has 0 aliphatic carbocycles. The lowest BCUT2D eigenvalue weighted by atomic mass is 10.2. The highest BCUT2D eigenvalue weighted by molar-refractivity contribution is 7.13. The van der Waals surface area contributed by atoms with Crippen LogP contribution in [0.5, 0.6) is 0 Å². The second kappa shape index (κ2) is 10.1. The number of hydrogen-bond acceptors (Lipinski definition) is 7. The first-order valence-corrected chi connectivity index (χ1v) is 9.71. The summed E-state index contributed by atoms with van der Waals surface area (Å²) < 4.78 is 2.92. The Morgan fingerprint density at radius 1 is 1.37 bits per heavy atom. The SMILES string of the molecule is C=C(CN)Cn1ncn(Cc2ccc(C(=C)/C=c3/cnc(NC)nc3=C)s2)c1=O.Cl. The first-order chi connectivity index (χ1) is 13.9. The van der Waals surface area contributed by atoms with E-state index in [4.69, 9.17) is 5.73 Å². The van der Waals surface area contributed by atoms with E-state index in [1.807, 2.05) is 18.2 Å². The maximum atomic E-state index is 12.4. The zero-order valence-corrected chi connectivity index (χ0v) is 18.3. The Kier molecular flexibility index (Phi) is 7.87. The van der Waals surface area contributed by atoms with Gasteiger partial charge in [-0.05, 0) is 29.4 Å². The lowest BCUT2D eigenvalue weighted by Crippen LogP contribution is -2.28. The van der Waals surface area contributed by atoms with Gasteiger partial charge in [-0.25, -0.2) is 19.4 Å². The number of aromatic nitrogens is 5. The third-order valence-electron chi connectivity index (χ3n) is 4.22. The average Bonchev–Trinajstić information content (AvgIpc) is 3.31. The van der Waals surface area contributed by atoms with E-state index in [9.17, 15) is 4.79 Å². The van der Waals surface area contributed by atoms with Crippen molar-refractivity contribution in [3.05, 3.63) is 74.2 Å². The Morgan fingerprint density at radius 2 is 2.13 bits per heavy atom. The van der Waals surface area contributed by atoms with Gasteiger partial charge in [0.2, 0.25) is 5.95 Å². The Balaban J connectivity index is 0.00000320. The van der Waals surface area contributed by atoms with Gasteiger partial charge in [0, 0.05) is 34.8 Å². The molecule has 0 aromatic carbocycles. The summed E-state index contributed by atoms with van der Waals surface area (Å²) in [7, 11) is 1.76. The highest BCUT2D eigenvalue weighted by atomic mass is 35.5. The Morgan fingerprint density at radius 3 is 2.80 bits per heavy atom. The summed E-state index contributed by atoms with van der Waals surface area (Å²) in [6.07, 6.45) is 5.15. The Hall–Kier alpha value is -3.01. The van der Waals surface area contributed by atoms with E-state index in [0.29, 0.717) is 30.9 Å². The van der Waals surface area contributed by atoms with Crippen molar-refractivity contribution < 1.29 is 0 Å². The fourth-order valence-corrected chi connectivity index (χ4v) is 3.54. The molecule has 0 saturated heterocycles. The number of hydrogen-bond donors (Lipinski definition) is 2. The molecule has 0 aliphatic rings. The predicted octanol–water partition coefficient (Wildman–Crippen LogP) is 0.827. The van der Waals surface area contributed by atoms with E-state index in [0.717, 1.165) is 26.1 Å². The lowest BCUT2D eigenvalue weighted by Gasteiger charge is -2.01. The van der Waals surface area contributed by atoms with Crippen LogP contribution in [-0.4, -0.2) is 37.9 Å². The maximum absolute atomic E-state index is 12.4. The number of nitrogens with two attached hydrogens (primary N) is 1. The van der Waals surface area contributed by atoms with E-state index in [2.05, 4.69) is 40.1 Å². The molecule has 3 aromatic rings. The average molecular weight is 446 g/mol. The molecule has 0 atom stereocenters. The maximum Gasteiger partial charge on any atom is 0.346 e. The van der Waals surface area contributed by atoms with Gasteiger partial charge >= 0.3 is 5.69 Å². The molecule has 0 saturated carbocycles. The van der Waals surface area contributed by atoms with E-state index >= 15 is 0 Å². The summed E-state index contributed by atoms with van der Waals surface area (Å²) in [5.41, 5.74) is 6.92. The Bertz CT molecular complexity index is 1220. The summed E-state index contributed by atoms with van der Waals surface area (Å²) in [6, 6.07) is 3.96. The van der Waals surface area contributed by atoms with Crippen LogP contribution < -0.4 is 27.3 Å². The van der Waals surface area contributed by atoms with E-state index in [-0.39, 0.29) is 18.1 Å². The minimum atomic E-state index is -0.191. The van der Waals surface area contributed by atoms with Gasteiger partial charge < -0.3 is 11.1 Å². The van der Waals surface area contributed by atoms with Crippen LogP contribution in [0.25, 0.3) is 18.2 Å². The highest BCUT2D eigenvalue weighted by Crippen LogP contribution is 2.24. The van der Waals surface area contributed by atoms with Crippen molar-refractivity contribution in [1.82, 2.24) is 24.3 Å². The van der Waals surface area contributed by atoms with Crippen molar-refractivity contribution in [2.24, 2.45) is 5.73 Å². The van der Waals surface area contributed by atoms with Gasteiger partial charge in [0.25, 0.3) is 0 Å². The molecule has 0 amide bonds. The number of nitrogens with one attached hydrogen (secondary N) is 1. The molecule has 3 N–H and O–H groups in total. The second-order valence-corrected chi connectivity index (χ2v) is 7.60. The number of thiophene rings is 1. The molecule has 0 bridgehead atoms. The molecular formula is C20H24ClN7OS. The zero-order chi connectivity index (χ0) is 21.0. The van der Waals surface area contributed by atoms with Crippen LogP contribution in [0.15, 0.2) is 48.2 Å². The molecule has 0 radical (unpaired) electrons. The topological polar surface area (TPSA) is 104 Å². The molecule has 0 spiro atoms. The lowest BCUT2D eigenvalue weighted by molar-refractivity contribution is 0.626. The fourth-order valence-electron chi connectivity index (χ4n) is 2.59. The number of halogens is 1. The summed E-state index contributed by atoms with van der Waals surface area (Å²) in [5, 5.41) is 8.44. The molecular weight excluding hydrogens is 422 g/mol. The molecule has 0 fully saturated rings. The molecule has 10 heteroatoms. The van der Waals surface area contributed by atoms with Crippen molar-refractivity contribution >= 4 is 47.9 Å². The Labute approximate surface area is 184 Å². The third-order valence-corrected chi connectivity index (χ3v) is 5.36. The number of allylic oxidation sites excluding steroid dienone is 1. The highest BCUT2D eigenvalue weighted by Gasteiger charge is 2.09. The van der Waals surface area contributed by atoms with Gasteiger partial charge in [-0.15, -0.1) is 23.7 Å². The summed E-state index contributed by atoms with van der Waals surface area (Å²) in [4.78, 5) is 22.9. The van der Waals surface area contributed by atoms with Crippen LogP contribution >= 0.6 is 23.7 Å². The van der Waals surface area contributed by atoms with Gasteiger partial charge in [-0.1, -0.05) is 19.7 Å². The number of nitrogens with zero attached hydrogens (tertiary/aromatic N) is 5.